The molecule has 1 heterocycles. The topological polar surface area (TPSA) is 76.0 Å². The van der Waals surface area contributed by atoms with Crippen LogP contribution in [0.15, 0.2) is 6.20 Å². The van der Waals surface area contributed by atoms with Crippen molar-refractivity contribution in [1.82, 2.24) is 20.4 Å². The van der Waals surface area contributed by atoms with Gasteiger partial charge in [0.15, 0.2) is 5.69 Å². The van der Waals surface area contributed by atoms with Crippen LogP contribution in [0.1, 0.15) is 62.4 Å². The molecule has 2 N–H and O–H groups in total. The Bertz CT molecular complexity index is 473. The molecule has 0 atom stereocenters. The molecule has 1 aromatic heterocycles. The van der Waals surface area contributed by atoms with Crippen LogP contribution < -0.4 is 10.6 Å². The van der Waals surface area contributed by atoms with Crippen molar-refractivity contribution in [2.24, 2.45) is 7.05 Å². The Kier molecular flexibility index (Phi) is 4.27. The van der Waals surface area contributed by atoms with Crippen LogP contribution in [-0.4, -0.2) is 32.7 Å². The zero-order valence-electron chi connectivity index (χ0n) is 13.3. The maximum Gasteiger partial charge on any atom is 0.273 e. The Morgan fingerprint density at radius 3 is 1.90 bits per heavy atom. The van der Waals surface area contributed by atoms with Crippen molar-refractivity contribution in [3.63, 3.8) is 0 Å². The lowest BCUT2D eigenvalue weighted by molar-refractivity contribution is 0.0880. The number of nitrogens with one attached hydrogen (secondary N) is 2. The van der Waals surface area contributed by atoms with E-state index in [9.17, 15) is 9.59 Å². The summed E-state index contributed by atoms with van der Waals surface area (Å²) in [6.07, 6.45) is 1.55. The van der Waals surface area contributed by atoms with Crippen molar-refractivity contribution < 1.29 is 9.59 Å². The molecule has 0 aliphatic carbocycles. The molecule has 1 rings (SSSR count). The van der Waals surface area contributed by atoms with E-state index in [1.165, 1.54) is 4.68 Å². The molecule has 0 aromatic carbocycles. The minimum Gasteiger partial charge on any atom is -0.347 e. The molecule has 0 radical (unpaired) electrons. The number of rotatable bonds is 2. The van der Waals surface area contributed by atoms with Gasteiger partial charge in [-0.05, 0) is 41.5 Å². The summed E-state index contributed by atoms with van der Waals surface area (Å²) in [5.41, 5.74) is -0.329. The van der Waals surface area contributed by atoms with Crippen LogP contribution in [-0.2, 0) is 7.05 Å². The van der Waals surface area contributed by atoms with Crippen molar-refractivity contribution in [2.75, 3.05) is 0 Å². The molecule has 20 heavy (non-hydrogen) atoms. The van der Waals surface area contributed by atoms with E-state index in [1.807, 2.05) is 41.5 Å². The highest BCUT2D eigenvalue weighted by Crippen LogP contribution is 2.11. The Morgan fingerprint density at radius 2 is 1.45 bits per heavy atom. The van der Waals surface area contributed by atoms with Gasteiger partial charge in [0, 0.05) is 24.3 Å². The Labute approximate surface area is 119 Å². The average Bonchev–Trinajstić information content (AvgIpc) is 2.55. The second kappa shape index (κ2) is 5.26. The Balaban J connectivity index is 3.05. The molecule has 0 aliphatic rings. The second-order valence-electron chi connectivity index (χ2n) is 6.97. The van der Waals surface area contributed by atoms with Gasteiger partial charge in [-0.1, -0.05) is 0 Å². The van der Waals surface area contributed by atoms with E-state index in [0.29, 0.717) is 0 Å². The number of aromatic nitrogens is 2. The van der Waals surface area contributed by atoms with E-state index in [1.54, 1.807) is 13.2 Å². The number of carbonyl (C=O) groups is 2. The van der Waals surface area contributed by atoms with Gasteiger partial charge in [0.2, 0.25) is 0 Å². The largest absolute Gasteiger partial charge is 0.347 e. The molecule has 6 heteroatoms. The Hall–Kier alpha value is -1.85. The quantitative estimate of drug-likeness (QED) is 0.861. The van der Waals surface area contributed by atoms with Crippen molar-refractivity contribution in [2.45, 2.75) is 52.6 Å². The molecule has 1 aromatic rings. The fourth-order valence-corrected chi connectivity index (χ4v) is 1.63. The third kappa shape index (κ3) is 4.68. The van der Waals surface area contributed by atoms with E-state index < -0.39 is 0 Å². The van der Waals surface area contributed by atoms with Gasteiger partial charge in [-0.15, -0.1) is 0 Å². The number of hydrogen-bond acceptors (Lipinski definition) is 3. The van der Waals surface area contributed by atoms with Gasteiger partial charge in [0.05, 0.1) is 5.56 Å². The summed E-state index contributed by atoms with van der Waals surface area (Å²) in [7, 11) is 1.68. The maximum atomic E-state index is 12.2. The number of hydrogen-bond donors (Lipinski definition) is 2. The molecule has 0 saturated carbocycles. The van der Waals surface area contributed by atoms with E-state index >= 15 is 0 Å². The lowest BCUT2D eigenvalue weighted by Crippen LogP contribution is -2.43. The van der Waals surface area contributed by atoms with E-state index in [2.05, 4.69) is 15.7 Å². The maximum absolute atomic E-state index is 12.2. The molecule has 0 aliphatic heterocycles. The van der Waals surface area contributed by atoms with Gasteiger partial charge in [0.25, 0.3) is 11.8 Å². The van der Waals surface area contributed by atoms with Crippen molar-refractivity contribution in [1.29, 1.82) is 0 Å². The molecule has 0 spiro atoms. The van der Waals surface area contributed by atoms with Crippen LogP contribution in [0.25, 0.3) is 0 Å². The molecule has 0 saturated heterocycles. The first kappa shape index (κ1) is 16.2. The third-order valence-corrected chi connectivity index (χ3v) is 2.27. The summed E-state index contributed by atoms with van der Waals surface area (Å²) >= 11 is 0. The zero-order chi connectivity index (χ0) is 15.7. The molecule has 0 unspecified atom stereocenters. The van der Waals surface area contributed by atoms with Crippen LogP contribution in [0.4, 0.5) is 0 Å². The van der Waals surface area contributed by atoms with Gasteiger partial charge in [-0.2, -0.15) is 5.10 Å². The van der Waals surface area contributed by atoms with E-state index in [-0.39, 0.29) is 34.1 Å². The monoisotopic (exact) mass is 280 g/mol. The molecule has 0 fully saturated rings. The minimum absolute atomic E-state index is 0.143. The molecular weight excluding hydrogens is 256 g/mol. The van der Waals surface area contributed by atoms with Crippen molar-refractivity contribution in [3.05, 3.63) is 17.5 Å². The third-order valence-electron chi connectivity index (χ3n) is 2.27. The van der Waals surface area contributed by atoms with Gasteiger partial charge in [0.1, 0.15) is 0 Å². The van der Waals surface area contributed by atoms with Gasteiger partial charge < -0.3 is 10.6 Å². The van der Waals surface area contributed by atoms with E-state index in [4.69, 9.17) is 0 Å². The molecular formula is C14H24N4O2. The summed E-state index contributed by atoms with van der Waals surface area (Å²) < 4.78 is 1.47. The Morgan fingerprint density at radius 1 is 1.00 bits per heavy atom. The lowest BCUT2D eigenvalue weighted by Gasteiger charge is -2.21. The SMILES string of the molecule is Cn1cc(C(=O)NC(C)(C)C)c(C(=O)NC(C)(C)C)n1. The zero-order valence-corrected chi connectivity index (χ0v) is 13.3. The molecule has 0 bridgehead atoms. The molecule has 6 nitrogen and oxygen atoms in total. The first-order valence-electron chi connectivity index (χ1n) is 6.58. The fraction of sp³-hybridized carbons (Fsp3) is 0.643. The molecule has 2 amide bonds. The van der Waals surface area contributed by atoms with Crippen LogP contribution in [0, 0.1) is 0 Å². The normalized spacial score (nSPS) is 12.2. The first-order chi connectivity index (χ1) is 8.89. The lowest BCUT2D eigenvalue weighted by atomic mass is 10.1. The molecule has 112 valence electrons. The average molecular weight is 280 g/mol. The summed E-state index contributed by atoms with van der Waals surface area (Å²) in [4.78, 5) is 24.4. The predicted molar refractivity (Wildman–Crippen MR) is 77.6 cm³/mol. The van der Waals surface area contributed by atoms with Crippen LogP contribution in [0.2, 0.25) is 0 Å². The smallest absolute Gasteiger partial charge is 0.273 e. The van der Waals surface area contributed by atoms with Crippen LogP contribution in [0.5, 0.6) is 0 Å². The number of aryl methyl sites for hydroxylation is 1. The number of carbonyl (C=O) groups excluding carboxylic acids is 2. The second-order valence-corrected chi connectivity index (χ2v) is 6.97. The summed E-state index contributed by atoms with van der Waals surface area (Å²) in [6, 6.07) is 0. The van der Waals surface area contributed by atoms with Crippen molar-refractivity contribution in [3.8, 4) is 0 Å². The minimum atomic E-state index is -0.383. The first-order valence-corrected chi connectivity index (χ1v) is 6.58. The summed E-state index contributed by atoms with van der Waals surface area (Å²) in [5.74, 6) is -0.651. The van der Waals surface area contributed by atoms with Crippen LogP contribution >= 0.6 is 0 Å². The van der Waals surface area contributed by atoms with E-state index in [0.717, 1.165) is 0 Å². The van der Waals surface area contributed by atoms with Gasteiger partial charge in [-0.25, -0.2) is 0 Å². The predicted octanol–water partition coefficient (Wildman–Crippen LogP) is 1.48. The standard InChI is InChI=1S/C14H24N4O2/c1-13(2,3)15-11(19)9-8-18(7)17-10(9)12(20)16-14(4,5)6/h8H,1-7H3,(H,15,19)(H,16,20). The van der Waals surface area contributed by atoms with Crippen LogP contribution in [0.3, 0.4) is 0 Å². The highest BCUT2D eigenvalue weighted by molar-refractivity contribution is 6.06. The number of amides is 2. The number of nitrogens with zero attached hydrogens (tertiary/aromatic N) is 2. The van der Waals surface area contributed by atoms with Gasteiger partial charge >= 0.3 is 0 Å². The van der Waals surface area contributed by atoms with Crippen molar-refractivity contribution >= 4 is 11.8 Å². The highest BCUT2D eigenvalue weighted by atomic mass is 16.2. The highest BCUT2D eigenvalue weighted by Gasteiger charge is 2.26. The summed E-state index contributed by atoms with van der Waals surface area (Å²) in [6.45, 7) is 11.3. The summed E-state index contributed by atoms with van der Waals surface area (Å²) in [5, 5.41) is 9.74. The fourth-order valence-electron chi connectivity index (χ4n) is 1.63. The van der Waals surface area contributed by atoms with Gasteiger partial charge in [-0.3, -0.25) is 14.3 Å².